The number of anilines is 1. The first-order valence-electron chi connectivity index (χ1n) is 8.91. The average molecular weight is 337 g/mol. The van der Waals surface area contributed by atoms with Crippen molar-refractivity contribution in [1.82, 2.24) is 29.9 Å². The summed E-state index contributed by atoms with van der Waals surface area (Å²) in [5.74, 6) is 0.620. The third-order valence-electron chi connectivity index (χ3n) is 4.64. The predicted octanol–water partition coefficient (Wildman–Crippen LogP) is 2.88. The van der Waals surface area contributed by atoms with E-state index in [4.69, 9.17) is 0 Å². The van der Waals surface area contributed by atoms with Gasteiger partial charge in [0.2, 0.25) is 5.95 Å². The van der Waals surface area contributed by atoms with Crippen molar-refractivity contribution in [2.75, 3.05) is 5.32 Å². The highest BCUT2D eigenvalue weighted by atomic mass is 15.3. The summed E-state index contributed by atoms with van der Waals surface area (Å²) in [6, 6.07) is 1.93. The van der Waals surface area contributed by atoms with Crippen molar-refractivity contribution in [1.29, 1.82) is 0 Å². The van der Waals surface area contributed by atoms with E-state index in [0.29, 0.717) is 12.5 Å². The molecule has 4 rings (SSSR count). The van der Waals surface area contributed by atoms with Gasteiger partial charge in [0.05, 0.1) is 23.6 Å². The molecule has 7 nitrogen and oxygen atoms in total. The molecule has 0 saturated heterocycles. The van der Waals surface area contributed by atoms with Gasteiger partial charge in [-0.25, -0.2) is 9.97 Å². The molecule has 0 aromatic carbocycles. The maximum Gasteiger partial charge on any atom is 0.223 e. The lowest BCUT2D eigenvalue weighted by Gasteiger charge is -2.05. The number of hydrogen-bond donors (Lipinski definition) is 2. The van der Waals surface area contributed by atoms with Gasteiger partial charge in [-0.3, -0.25) is 9.78 Å². The maximum absolute atomic E-state index is 4.66. The second-order valence-electron chi connectivity index (χ2n) is 6.49. The monoisotopic (exact) mass is 337 g/mol. The molecule has 130 valence electrons. The first kappa shape index (κ1) is 15.8. The molecule has 0 atom stereocenters. The molecule has 3 aromatic rings. The van der Waals surface area contributed by atoms with Gasteiger partial charge in [-0.15, -0.1) is 0 Å². The van der Waals surface area contributed by atoms with E-state index >= 15 is 0 Å². The van der Waals surface area contributed by atoms with Crippen LogP contribution in [0.2, 0.25) is 0 Å². The molecule has 0 saturated carbocycles. The normalized spacial score (nSPS) is 13.2. The number of nitrogens with zero attached hydrogens (tertiary/aromatic N) is 5. The number of nitrogens with one attached hydrogen (secondary N) is 2. The lowest BCUT2D eigenvalue weighted by Crippen LogP contribution is -2.06. The van der Waals surface area contributed by atoms with Gasteiger partial charge in [0, 0.05) is 30.2 Å². The van der Waals surface area contributed by atoms with Crippen LogP contribution in [0.5, 0.6) is 0 Å². The Hall–Kier alpha value is -2.70. The molecular weight excluding hydrogens is 314 g/mol. The zero-order valence-electron chi connectivity index (χ0n) is 14.7. The molecule has 0 spiro atoms. The van der Waals surface area contributed by atoms with Crippen molar-refractivity contribution in [2.24, 2.45) is 0 Å². The predicted molar refractivity (Wildman–Crippen MR) is 96.2 cm³/mol. The molecule has 3 aromatic heterocycles. The van der Waals surface area contributed by atoms with Crippen LogP contribution in [-0.4, -0.2) is 29.9 Å². The Morgan fingerprint density at radius 3 is 3.12 bits per heavy atom. The highest BCUT2D eigenvalue weighted by molar-refractivity contribution is 5.61. The van der Waals surface area contributed by atoms with Gasteiger partial charge in [-0.05, 0) is 44.2 Å². The molecule has 7 heteroatoms. The van der Waals surface area contributed by atoms with Crippen molar-refractivity contribution < 1.29 is 0 Å². The molecule has 3 heterocycles. The molecule has 0 bridgehead atoms. The van der Waals surface area contributed by atoms with Crippen LogP contribution in [0, 0.1) is 6.92 Å². The van der Waals surface area contributed by atoms with Crippen LogP contribution in [0.3, 0.4) is 0 Å². The Kier molecular flexibility index (Phi) is 4.21. The second kappa shape index (κ2) is 6.66. The Labute approximate surface area is 146 Å². The van der Waals surface area contributed by atoms with Crippen molar-refractivity contribution in [3.05, 3.63) is 41.1 Å². The summed E-state index contributed by atoms with van der Waals surface area (Å²) in [7, 11) is 0. The summed E-state index contributed by atoms with van der Waals surface area (Å²) in [4.78, 5) is 9.00. The molecule has 0 radical (unpaired) electrons. The summed E-state index contributed by atoms with van der Waals surface area (Å²) < 4.78 is 1.98. The van der Waals surface area contributed by atoms with Crippen LogP contribution < -0.4 is 5.32 Å². The number of aromatic nitrogens is 6. The van der Waals surface area contributed by atoms with Crippen molar-refractivity contribution in [3.8, 4) is 11.3 Å². The van der Waals surface area contributed by atoms with Crippen molar-refractivity contribution >= 4 is 5.95 Å². The van der Waals surface area contributed by atoms with Gasteiger partial charge in [0.1, 0.15) is 0 Å². The number of aromatic amines is 1. The molecular formula is C18H23N7. The molecule has 1 aliphatic carbocycles. The number of fused-ring (bicyclic) bond motifs is 1. The fourth-order valence-corrected chi connectivity index (χ4v) is 3.40. The van der Waals surface area contributed by atoms with E-state index in [1.807, 2.05) is 17.7 Å². The minimum atomic E-state index is 0.620. The van der Waals surface area contributed by atoms with Crippen LogP contribution in [0.25, 0.3) is 11.3 Å². The second-order valence-corrected chi connectivity index (χ2v) is 6.49. The van der Waals surface area contributed by atoms with Crippen molar-refractivity contribution in [2.45, 2.75) is 52.6 Å². The summed E-state index contributed by atoms with van der Waals surface area (Å²) in [6.07, 6.45) is 8.34. The Morgan fingerprint density at radius 2 is 2.24 bits per heavy atom. The molecule has 25 heavy (non-hydrogen) atoms. The van der Waals surface area contributed by atoms with E-state index in [0.717, 1.165) is 48.5 Å². The third-order valence-corrected chi connectivity index (χ3v) is 4.64. The minimum Gasteiger partial charge on any atom is -0.348 e. The Morgan fingerprint density at radius 1 is 1.32 bits per heavy atom. The van der Waals surface area contributed by atoms with Crippen LogP contribution in [0.15, 0.2) is 18.5 Å². The topological polar surface area (TPSA) is 84.3 Å². The molecule has 0 amide bonds. The van der Waals surface area contributed by atoms with E-state index in [-0.39, 0.29) is 0 Å². The van der Waals surface area contributed by atoms with Gasteiger partial charge < -0.3 is 5.32 Å². The van der Waals surface area contributed by atoms with Crippen LogP contribution >= 0.6 is 0 Å². The van der Waals surface area contributed by atoms with Gasteiger partial charge in [-0.1, -0.05) is 6.92 Å². The molecule has 0 aliphatic heterocycles. The lowest BCUT2D eigenvalue weighted by atomic mass is 10.2. The molecule has 2 N–H and O–H groups in total. The minimum absolute atomic E-state index is 0.620. The SMILES string of the molecule is CCCn1cc(-c2ccnc(NCc3n[nH]c4c3CCC4)n2)c(C)n1. The number of hydrogen-bond acceptors (Lipinski definition) is 5. The smallest absolute Gasteiger partial charge is 0.223 e. The van der Waals surface area contributed by atoms with Crippen LogP contribution in [-0.2, 0) is 25.9 Å². The van der Waals surface area contributed by atoms with E-state index in [1.54, 1.807) is 6.20 Å². The van der Waals surface area contributed by atoms with Gasteiger partial charge in [0.25, 0.3) is 0 Å². The zero-order chi connectivity index (χ0) is 17.2. The van der Waals surface area contributed by atoms with Gasteiger partial charge in [0.15, 0.2) is 0 Å². The quantitative estimate of drug-likeness (QED) is 0.722. The van der Waals surface area contributed by atoms with E-state index in [9.17, 15) is 0 Å². The first-order chi connectivity index (χ1) is 12.2. The zero-order valence-corrected chi connectivity index (χ0v) is 14.7. The van der Waals surface area contributed by atoms with Crippen LogP contribution in [0.4, 0.5) is 5.95 Å². The number of H-pyrrole nitrogens is 1. The first-order valence-corrected chi connectivity index (χ1v) is 8.91. The van der Waals surface area contributed by atoms with Gasteiger partial charge in [-0.2, -0.15) is 10.2 Å². The highest BCUT2D eigenvalue weighted by Gasteiger charge is 2.18. The molecule has 0 unspecified atom stereocenters. The largest absolute Gasteiger partial charge is 0.348 e. The fraction of sp³-hybridized carbons (Fsp3) is 0.444. The average Bonchev–Trinajstić information content (AvgIpc) is 3.30. The number of aryl methyl sites for hydroxylation is 3. The third kappa shape index (κ3) is 3.14. The van der Waals surface area contributed by atoms with Crippen LogP contribution in [0.1, 0.15) is 42.4 Å². The summed E-state index contributed by atoms with van der Waals surface area (Å²) in [6.45, 7) is 5.73. The highest BCUT2D eigenvalue weighted by Crippen LogP contribution is 2.24. The maximum atomic E-state index is 4.66. The molecule has 1 aliphatic rings. The van der Waals surface area contributed by atoms with Crippen molar-refractivity contribution in [3.63, 3.8) is 0 Å². The fourth-order valence-electron chi connectivity index (χ4n) is 3.40. The van der Waals surface area contributed by atoms with E-state index in [1.165, 1.54) is 17.7 Å². The lowest BCUT2D eigenvalue weighted by molar-refractivity contribution is 0.598. The van der Waals surface area contributed by atoms with E-state index in [2.05, 4.69) is 43.7 Å². The number of rotatable bonds is 6. The molecule has 0 fully saturated rings. The Bertz CT molecular complexity index is 877. The summed E-state index contributed by atoms with van der Waals surface area (Å²) in [5.41, 5.74) is 6.66. The van der Waals surface area contributed by atoms with Gasteiger partial charge >= 0.3 is 0 Å². The Balaban J connectivity index is 1.51. The summed E-state index contributed by atoms with van der Waals surface area (Å²) >= 11 is 0. The standard InChI is InChI=1S/C18H23N7/c1-3-9-25-11-14(12(2)24-25)15-7-8-19-18(21-15)20-10-17-13-5-4-6-16(13)22-23-17/h7-8,11H,3-6,9-10H2,1-2H3,(H,22,23)(H,19,20,21). The summed E-state index contributed by atoms with van der Waals surface area (Å²) in [5, 5.41) is 15.4. The van der Waals surface area contributed by atoms with E-state index < -0.39 is 0 Å².